The van der Waals surface area contributed by atoms with Gasteiger partial charge in [-0.05, 0) is 31.4 Å². The highest BCUT2D eigenvalue weighted by Gasteiger charge is 2.41. The van der Waals surface area contributed by atoms with Crippen LogP contribution in [0.2, 0.25) is 5.02 Å². The number of hydrogen-bond acceptors (Lipinski definition) is 4. The van der Waals surface area contributed by atoms with Crippen molar-refractivity contribution in [2.75, 3.05) is 13.7 Å². The lowest BCUT2D eigenvalue weighted by Crippen LogP contribution is -2.36. The molecular weight excluding hydrogens is 464 g/mol. The molecular formula is C29H37ClO5. The minimum Gasteiger partial charge on any atom is -0.493 e. The van der Waals surface area contributed by atoms with Gasteiger partial charge in [-0.2, -0.15) is 0 Å². The molecule has 4 atom stereocenters. The average molecular weight is 501 g/mol. The van der Waals surface area contributed by atoms with Gasteiger partial charge >= 0.3 is 5.97 Å². The Labute approximate surface area is 214 Å². The number of carboxylic acid groups (broad SMARTS) is 1. The molecule has 1 aliphatic rings. The van der Waals surface area contributed by atoms with Crippen molar-refractivity contribution in [2.45, 2.75) is 70.5 Å². The summed E-state index contributed by atoms with van der Waals surface area (Å²) in [4.78, 5) is 11.3. The van der Waals surface area contributed by atoms with E-state index in [1.165, 1.54) is 31.9 Å². The molecule has 0 spiro atoms. The molecule has 6 heteroatoms. The molecule has 2 aromatic rings. The molecule has 1 N–H and O–H groups in total. The molecule has 0 saturated carbocycles. The van der Waals surface area contributed by atoms with Gasteiger partial charge in [0.15, 0.2) is 18.1 Å². The summed E-state index contributed by atoms with van der Waals surface area (Å²) in [6, 6.07) is 14.0. The third kappa shape index (κ3) is 7.02. The molecule has 0 radical (unpaired) electrons. The summed E-state index contributed by atoms with van der Waals surface area (Å²) in [5, 5.41) is 9.72. The number of carboxylic acids is 1. The molecule has 1 aliphatic heterocycles. The van der Waals surface area contributed by atoms with Gasteiger partial charge in [0.2, 0.25) is 0 Å². The summed E-state index contributed by atoms with van der Waals surface area (Å²) < 4.78 is 18.1. The summed E-state index contributed by atoms with van der Waals surface area (Å²) in [5.74, 6) is -0.0736. The minimum atomic E-state index is -1.06. The Balaban J connectivity index is 2.02. The summed E-state index contributed by atoms with van der Waals surface area (Å²) in [6.07, 6.45) is 6.10. The molecule has 0 aliphatic carbocycles. The van der Waals surface area contributed by atoms with Crippen molar-refractivity contribution in [3.63, 3.8) is 0 Å². The molecule has 0 amide bonds. The SMILES string of the molecule is C=C(C)[C@H]1C[C@H](c2ccccc2)[C@H](CCCCCC)O[C@@H]1c1cc(Cl)cc(OC)c1OCC(=O)O. The van der Waals surface area contributed by atoms with E-state index < -0.39 is 12.6 Å². The van der Waals surface area contributed by atoms with Gasteiger partial charge in [-0.3, -0.25) is 0 Å². The third-order valence-corrected chi connectivity index (χ3v) is 6.98. The minimum absolute atomic E-state index is 0.00227. The van der Waals surface area contributed by atoms with Crippen molar-refractivity contribution in [3.8, 4) is 11.5 Å². The van der Waals surface area contributed by atoms with Crippen molar-refractivity contribution in [3.05, 3.63) is 70.8 Å². The highest BCUT2D eigenvalue weighted by atomic mass is 35.5. The Kier molecular flexibility index (Phi) is 10.1. The maximum absolute atomic E-state index is 11.3. The Bertz CT molecular complexity index is 990. The highest BCUT2D eigenvalue weighted by Crippen LogP contribution is 2.51. The van der Waals surface area contributed by atoms with E-state index in [2.05, 4.69) is 37.8 Å². The summed E-state index contributed by atoms with van der Waals surface area (Å²) in [5.41, 5.74) is 2.97. The molecule has 5 nitrogen and oxygen atoms in total. The van der Waals surface area contributed by atoms with Crippen molar-refractivity contribution in [2.24, 2.45) is 5.92 Å². The zero-order valence-corrected chi connectivity index (χ0v) is 21.7. The van der Waals surface area contributed by atoms with E-state index in [9.17, 15) is 9.90 Å². The summed E-state index contributed by atoms with van der Waals surface area (Å²) >= 11 is 6.46. The van der Waals surface area contributed by atoms with Gasteiger partial charge in [-0.1, -0.05) is 86.7 Å². The van der Waals surface area contributed by atoms with Crippen LogP contribution in [0.5, 0.6) is 11.5 Å². The van der Waals surface area contributed by atoms with Gasteiger partial charge < -0.3 is 19.3 Å². The van der Waals surface area contributed by atoms with Gasteiger partial charge in [0.1, 0.15) is 0 Å². The van der Waals surface area contributed by atoms with Crippen LogP contribution in [-0.4, -0.2) is 30.9 Å². The van der Waals surface area contributed by atoms with Crippen LogP contribution in [0.4, 0.5) is 0 Å². The predicted molar refractivity (Wildman–Crippen MR) is 140 cm³/mol. The number of rotatable bonds is 12. The molecule has 3 rings (SSSR count). The van der Waals surface area contributed by atoms with Crippen molar-refractivity contribution >= 4 is 17.6 Å². The third-order valence-electron chi connectivity index (χ3n) is 6.76. The maximum Gasteiger partial charge on any atom is 0.341 e. The van der Waals surface area contributed by atoms with Crippen molar-refractivity contribution < 1.29 is 24.1 Å². The van der Waals surface area contributed by atoms with Gasteiger partial charge in [0, 0.05) is 28.5 Å². The van der Waals surface area contributed by atoms with Gasteiger partial charge in [0.05, 0.1) is 19.3 Å². The Hall–Kier alpha value is -2.50. The molecule has 35 heavy (non-hydrogen) atoms. The fraction of sp³-hybridized carbons (Fsp3) is 0.483. The smallest absolute Gasteiger partial charge is 0.341 e. The van der Waals surface area contributed by atoms with Crippen molar-refractivity contribution in [1.82, 2.24) is 0 Å². The Morgan fingerprint density at radius 2 is 1.94 bits per heavy atom. The Morgan fingerprint density at radius 3 is 2.57 bits per heavy atom. The number of carbonyl (C=O) groups is 1. The summed E-state index contributed by atoms with van der Waals surface area (Å²) in [6.45, 7) is 8.03. The lowest BCUT2D eigenvalue weighted by atomic mass is 9.74. The average Bonchev–Trinajstić information content (AvgIpc) is 2.85. The first kappa shape index (κ1) is 27.1. The molecule has 1 heterocycles. The number of ether oxygens (including phenoxy) is 3. The van der Waals surface area contributed by atoms with Crippen LogP contribution < -0.4 is 9.47 Å². The van der Waals surface area contributed by atoms with Gasteiger partial charge in [0.25, 0.3) is 0 Å². The predicted octanol–water partition coefficient (Wildman–Crippen LogP) is 7.59. The zero-order valence-electron chi connectivity index (χ0n) is 21.0. The molecule has 0 aromatic heterocycles. The fourth-order valence-corrected chi connectivity index (χ4v) is 5.23. The van der Waals surface area contributed by atoms with E-state index in [1.807, 2.05) is 13.0 Å². The van der Waals surface area contributed by atoms with Crippen molar-refractivity contribution in [1.29, 1.82) is 0 Å². The number of halogens is 1. The standard InChI is InChI=1S/C29H37ClO5/c1-5-6-7-11-14-25-23(20-12-9-8-10-13-20)17-22(19(2)3)28(35-25)24-15-21(30)16-26(33-4)29(24)34-18-27(31)32/h8-10,12-13,15-16,22-23,25,28H,2,5-7,11,14,17-18H2,1,3-4H3,(H,31,32)/t22-,23-,25+,28+/m1/s1. The lowest BCUT2D eigenvalue weighted by Gasteiger charge is -2.43. The lowest BCUT2D eigenvalue weighted by molar-refractivity contribution is -0.139. The number of aliphatic carboxylic acids is 1. The largest absolute Gasteiger partial charge is 0.493 e. The molecule has 1 saturated heterocycles. The van der Waals surface area contributed by atoms with Crippen LogP contribution in [0, 0.1) is 5.92 Å². The van der Waals surface area contributed by atoms with Crippen LogP contribution >= 0.6 is 11.6 Å². The van der Waals surface area contributed by atoms with E-state index in [-0.39, 0.29) is 24.0 Å². The van der Waals surface area contributed by atoms with E-state index >= 15 is 0 Å². The number of benzene rings is 2. The van der Waals surface area contributed by atoms with Crippen LogP contribution in [0.15, 0.2) is 54.6 Å². The highest BCUT2D eigenvalue weighted by molar-refractivity contribution is 6.30. The maximum atomic E-state index is 11.3. The topological polar surface area (TPSA) is 65.0 Å². The number of methoxy groups -OCH3 is 1. The summed E-state index contributed by atoms with van der Waals surface area (Å²) in [7, 11) is 1.52. The molecule has 0 bridgehead atoms. The van der Waals surface area contributed by atoms with E-state index in [0.29, 0.717) is 22.1 Å². The first-order valence-corrected chi connectivity index (χ1v) is 12.8. The number of hydrogen-bond donors (Lipinski definition) is 1. The van der Waals surface area contributed by atoms with E-state index in [1.54, 1.807) is 12.1 Å². The van der Waals surface area contributed by atoms with Crippen LogP contribution in [0.25, 0.3) is 0 Å². The fourth-order valence-electron chi connectivity index (χ4n) is 5.01. The van der Waals surface area contributed by atoms with Crippen LogP contribution in [0.1, 0.15) is 75.5 Å². The quantitative estimate of drug-likeness (QED) is 0.240. The molecule has 2 aromatic carbocycles. The zero-order chi connectivity index (χ0) is 25.4. The Morgan fingerprint density at radius 1 is 1.20 bits per heavy atom. The second-order valence-corrected chi connectivity index (χ2v) is 9.80. The molecule has 190 valence electrons. The second-order valence-electron chi connectivity index (χ2n) is 9.36. The molecule has 0 unspecified atom stereocenters. The van der Waals surface area contributed by atoms with Crippen LogP contribution in [0.3, 0.4) is 0 Å². The molecule has 1 fully saturated rings. The van der Waals surface area contributed by atoms with Crippen LogP contribution in [-0.2, 0) is 9.53 Å². The first-order valence-electron chi connectivity index (χ1n) is 12.4. The number of unbranched alkanes of at least 4 members (excludes halogenated alkanes) is 3. The van der Waals surface area contributed by atoms with E-state index in [4.69, 9.17) is 25.8 Å². The first-order chi connectivity index (χ1) is 16.8. The van der Waals surface area contributed by atoms with Gasteiger partial charge in [-0.15, -0.1) is 0 Å². The monoisotopic (exact) mass is 500 g/mol. The van der Waals surface area contributed by atoms with Gasteiger partial charge in [-0.25, -0.2) is 4.79 Å². The normalized spacial score (nSPS) is 21.9. The second kappa shape index (κ2) is 13.0. The van der Waals surface area contributed by atoms with E-state index in [0.717, 1.165) is 24.8 Å².